The van der Waals surface area contributed by atoms with E-state index in [1.807, 2.05) is 18.7 Å². The summed E-state index contributed by atoms with van der Waals surface area (Å²) in [6.07, 6.45) is 0.614. The molecule has 6 nitrogen and oxygen atoms in total. The van der Waals surface area contributed by atoms with E-state index in [1.54, 1.807) is 24.3 Å². The van der Waals surface area contributed by atoms with Gasteiger partial charge in [-0.1, -0.05) is 12.1 Å². The van der Waals surface area contributed by atoms with Gasteiger partial charge in [0.15, 0.2) is 0 Å². The molecule has 0 unspecified atom stereocenters. The number of hydrogen-bond donors (Lipinski definition) is 3. The molecule has 1 rings (SSSR count). The van der Waals surface area contributed by atoms with Gasteiger partial charge in [0, 0.05) is 19.2 Å². The Morgan fingerprint density at radius 1 is 1.33 bits per heavy atom. The van der Waals surface area contributed by atoms with Crippen LogP contribution in [0.2, 0.25) is 0 Å². The van der Waals surface area contributed by atoms with Gasteiger partial charge in [0.1, 0.15) is 0 Å². The average Bonchev–Trinajstić information content (AvgIpc) is 2.43. The molecular weight excluding hydrogens is 270 g/mol. The van der Waals surface area contributed by atoms with Crippen LogP contribution in [0, 0.1) is 0 Å². The first-order valence-electron chi connectivity index (χ1n) is 6.99. The third kappa shape index (κ3) is 5.53. The highest BCUT2D eigenvalue weighted by atomic mass is 16.3. The lowest BCUT2D eigenvalue weighted by atomic mass is 10.1. The zero-order valence-electron chi connectivity index (χ0n) is 12.5. The van der Waals surface area contributed by atoms with Crippen LogP contribution in [0.5, 0.6) is 0 Å². The number of anilines is 1. The molecule has 21 heavy (non-hydrogen) atoms. The zero-order chi connectivity index (χ0) is 15.8. The lowest BCUT2D eigenvalue weighted by molar-refractivity contribution is -0.117. The van der Waals surface area contributed by atoms with Crippen LogP contribution in [0.25, 0.3) is 0 Å². The smallest absolute Gasteiger partial charge is 0.250 e. The third-order valence-electron chi connectivity index (χ3n) is 3.15. The van der Waals surface area contributed by atoms with Crippen molar-refractivity contribution in [1.29, 1.82) is 0 Å². The number of carbonyl (C=O) groups is 2. The molecule has 0 aliphatic carbocycles. The van der Waals surface area contributed by atoms with Crippen LogP contribution in [0.4, 0.5) is 5.69 Å². The largest absolute Gasteiger partial charge is 0.396 e. The first kappa shape index (κ1) is 17.1. The summed E-state index contributed by atoms with van der Waals surface area (Å²) < 4.78 is 0. The molecule has 0 saturated carbocycles. The van der Waals surface area contributed by atoms with Gasteiger partial charge in [-0.3, -0.25) is 14.5 Å². The van der Waals surface area contributed by atoms with Gasteiger partial charge in [-0.2, -0.15) is 0 Å². The predicted octanol–water partition coefficient (Wildman–Crippen LogP) is 0.817. The summed E-state index contributed by atoms with van der Waals surface area (Å²) in [6.45, 7) is 4.91. The molecule has 2 amide bonds. The topological polar surface area (TPSA) is 95.7 Å². The third-order valence-corrected chi connectivity index (χ3v) is 3.15. The van der Waals surface area contributed by atoms with Gasteiger partial charge in [0.05, 0.1) is 17.8 Å². The highest BCUT2D eigenvalue weighted by Crippen LogP contribution is 2.14. The number of amides is 2. The Hall–Kier alpha value is -1.92. The summed E-state index contributed by atoms with van der Waals surface area (Å²) in [5, 5.41) is 11.6. The standard InChI is InChI=1S/C15H23N3O3/c1-11(2)18(8-5-9-19)10-14(20)17-13-7-4-3-6-12(13)15(16)21/h3-4,6-7,11,19H,5,8-10H2,1-2H3,(H2,16,21)(H,17,20). The van der Waals surface area contributed by atoms with Crippen LogP contribution in [0.1, 0.15) is 30.6 Å². The average molecular weight is 293 g/mol. The summed E-state index contributed by atoms with van der Waals surface area (Å²) in [5.41, 5.74) is 5.98. The number of primary amides is 1. The van der Waals surface area contributed by atoms with Crippen molar-refractivity contribution < 1.29 is 14.7 Å². The molecule has 0 fully saturated rings. The summed E-state index contributed by atoms with van der Waals surface area (Å²) in [6, 6.07) is 6.83. The van der Waals surface area contributed by atoms with E-state index in [0.29, 0.717) is 18.7 Å². The summed E-state index contributed by atoms with van der Waals surface area (Å²) >= 11 is 0. The molecule has 0 atom stereocenters. The Kier molecular flexibility index (Phi) is 6.84. The van der Waals surface area contributed by atoms with E-state index in [2.05, 4.69) is 5.32 Å². The minimum Gasteiger partial charge on any atom is -0.396 e. The molecule has 6 heteroatoms. The molecule has 116 valence electrons. The van der Waals surface area contributed by atoms with E-state index < -0.39 is 5.91 Å². The predicted molar refractivity (Wildman–Crippen MR) is 82.0 cm³/mol. The van der Waals surface area contributed by atoms with Gasteiger partial charge >= 0.3 is 0 Å². The second-order valence-electron chi connectivity index (χ2n) is 5.10. The number of hydrogen-bond acceptors (Lipinski definition) is 4. The number of rotatable bonds is 8. The second kappa shape index (κ2) is 8.39. The van der Waals surface area contributed by atoms with Crippen LogP contribution < -0.4 is 11.1 Å². The quantitative estimate of drug-likeness (QED) is 0.661. The number of aliphatic hydroxyl groups excluding tert-OH is 1. The Bertz CT molecular complexity index is 489. The summed E-state index contributed by atoms with van der Waals surface area (Å²) in [4.78, 5) is 25.4. The SMILES string of the molecule is CC(C)N(CCCO)CC(=O)Nc1ccccc1C(N)=O. The number of para-hydroxylation sites is 1. The molecule has 0 radical (unpaired) electrons. The Morgan fingerprint density at radius 3 is 2.57 bits per heavy atom. The Morgan fingerprint density at radius 2 is 2.00 bits per heavy atom. The van der Waals surface area contributed by atoms with E-state index in [0.717, 1.165) is 0 Å². The molecule has 0 heterocycles. The number of carbonyl (C=O) groups excluding carboxylic acids is 2. The molecule has 0 aromatic heterocycles. The normalized spacial score (nSPS) is 10.9. The molecule has 1 aromatic rings. The minimum atomic E-state index is -0.577. The fraction of sp³-hybridized carbons (Fsp3) is 0.467. The molecule has 1 aromatic carbocycles. The van der Waals surface area contributed by atoms with Gasteiger partial charge in [0.25, 0.3) is 5.91 Å². The van der Waals surface area contributed by atoms with Gasteiger partial charge in [-0.25, -0.2) is 0 Å². The van der Waals surface area contributed by atoms with Crippen LogP contribution in [-0.2, 0) is 4.79 Å². The van der Waals surface area contributed by atoms with Gasteiger partial charge in [-0.05, 0) is 32.4 Å². The lowest BCUT2D eigenvalue weighted by Crippen LogP contribution is -2.39. The molecule has 0 aliphatic heterocycles. The maximum atomic E-state index is 12.1. The van der Waals surface area contributed by atoms with E-state index in [-0.39, 0.29) is 30.7 Å². The Labute approximate surface area is 124 Å². The molecule has 4 N–H and O–H groups in total. The maximum absolute atomic E-state index is 12.1. The van der Waals surface area contributed by atoms with Crippen LogP contribution >= 0.6 is 0 Å². The number of aliphatic hydroxyl groups is 1. The van der Waals surface area contributed by atoms with Crippen molar-refractivity contribution in [2.75, 3.05) is 25.0 Å². The fourth-order valence-electron chi connectivity index (χ4n) is 1.97. The second-order valence-corrected chi connectivity index (χ2v) is 5.10. The van der Waals surface area contributed by atoms with Crippen LogP contribution in [0.3, 0.4) is 0 Å². The Balaban J connectivity index is 2.70. The highest BCUT2D eigenvalue weighted by molar-refractivity contribution is 6.03. The van der Waals surface area contributed by atoms with Crippen molar-refractivity contribution in [3.05, 3.63) is 29.8 Å². The number of nitrogens with two attached hydrogens (primary N) is 1. The van der Waals surface area contributed by atoms with Crippen molar-refractivity contribution >= 4 is 17.5 Å². The van der Waals surface area contributed by atoms with E-state index in [9.17, 15) is 9.59 Å². The minimum absolute atomic E-state index is 0.0926. The first-order chi connectivity index (χ1) is 9.95. The van der Waals surface area contributed by atoms with Crippen LogP contribution in [-0.4, -0.2) is 47.6 Å². The molecular formula is C15H23N3O3. The molecule has 0 saturated heterocycles. The van der Waals surface area contributed by atoms with E-state index in [4.69, 9.17) is 10.8 Å². The fourth-order valence-corrected chi connectivity index (χ4v) is 1.97. The van der Waals surface area contributed by atoms with Crippen LogP contribution in [0.15, 0.2) is 24.3 Å². The monoisotopic (exact) mass is 293 g/mol. The van der Waals surface area contributed by atoms with Crippen molar-refractivity contribution in [2.24, 2.45) is 5.73 Å². The van der Waals surface area contributed by atoms with Crippen molar-refractivity contribution in [3.63, 3.8) is 0 Å². The van der Waals surface area contributed by atoms with Crippen molar-refractivity contribution in [1.82, 2.24) is 4.90 Å². The maximum Gasteiger partial charge on any atom is 0.250 e. The lowest BCUT2D eigenvalue weighted by Gasteiger charge is -2.25. The molecule has 0 aliphatic rings. The van der Waals surface area contributed by atoms with Gasteiger partial charge < -0.3 is 16.2 Å². The number of nitrogens with one attached hydrogen (secondary N) is 1. The van der Waals surface area contributed by atoms with Crippen molar-refractivity contribution in [2.45, 2.75) is 26.3 Å². The van der Waals surface area contributed by atoms with E-state index in [1.165, 1.54) is 0 Å². The number of benzene rings is 1. The number of nitrogens with zero attached hydrogens (tertiary/aromatic N) is 1. The van der Waals surface area contributed by atoms with Gasteiger partial charge in [0.2, 0.25) is 5.91 Å². The van der Waals surface area contributed by atoms with E-state index >= 15 is 0 Å². The molecule has 0 spiro atoms. The summed E-state index contributed by atoms with van der Waals surface area (Å²) in [7, 11) is 0. The van der Waals surface area contributed by atoms with Crippen molar-refractivity contribution in [3.8, 4) is 0 Å². The highest BCUT2D eigenvalue weighted by Gasteiger charge is 2.15. The summed E-state index contributed by atoms with van der Waals surface area (Å²) in [5.74, 6) is -0.790. The first-order valence-corrected chi connectivity index (χ1v) is 6.99. The molecule has 0 bridgehead atoms. The zero-order valence-corrected chi connectivity index (χ0v) is 12.5. The van der Waals surface area contributed by atoms with Gasteiger partial charge in [-0.15, -0.1) is 0 Å².